The predicted molar refractivity (Wildman–Crippen MR) is 159 cm³/mol. The summed E-state index contributed by atoms with van der Waals surface area (Å²) in [5, 5.41) is 3.01. The number of likely N-dealkylation sites (tertiary alicyclic amines) is 2. The van der Waals surface area contributed by atoms with Gasteiger partial charge in [-0.05, 0) is 76.3 Å². The van der Waals surface area contributed by atoms with E-state index in [0.29, 0.717) is 31.2 Å². The van der Waals surface area contributed by atoms with Crippen molar-refractivity contribution < 1.29 is 23.9 Å². The Kier molecular flexibility index (Phi) is 10.3. The van der Waals surface area contributed by atoms with Gasteiger partial charge >= 0.3 is 12.1 Å². The monoisotopic (exact) mass is 564 g/mol. The van der Waals surface area contributed by atoms with Gasteiger partial charge in [0, 0.05) is 56.1 Å². The van der Waals surface area contributed by atoms with Crippen molar-refractivity contribution >= 4 is 23.7 Å². The van der Waals surface area contributed by atoms with E-state index in [2.05, 4.69) is 27.1 Å². The van der Waals surface area contributed by atoms with Crippen LogP contribution in [0, 0.1) is 0 Å². The molecule has 222 valence electrons. The van der Waals surface area contributed by atoms with Crippen molar-refractivity contribution in [2.75, 3.05) is 45.2 Å². The first-order valence-corrected chi connectivity index (χ1v) is 14.6. The number of hydrogen-bond acceptors (Lipinski definition) is 7. The van der Waals surface area contributed by atoms with E-state index in [-0.39, 0.29) is 30.6 Å². The van der Waals surface area contributed by atoms with E-state index in [4.69, 9.17) is 4.74 Å². The Balaban J connectivity index is 1.36. The van der Waals surface area contributed by atoms with Crippen molar-refractivity contribution in [3.05, 3.63) is 65.7 Å². The maximum Gasteiger partial charge on any atom is 0.410 e. The zero-order valence-corrected chi connectivity index (χ0v) is 24.8. The van der Waals surface area contributed by atoms with Crippen molar-refractivity contribution in [3.63, 3.8) is 0 Å². The van der Waals surface area contributed by atoms with Crippen LogP contribution in [0.4, 0.5) is 10.5 Å². The number of nitrogens with one attached hydrogen (secondary N) is 1. The molecule has 2 aromatic carbocycles. The molecule has 2 fully saturated rings. The summed E-state index contributed by atoms with van der Waals surface area (Å²) in [6, 6.07) is 18.0. The van der Waals surface area contributed by atoms with Gasteiger partial charge in [-0.2, -0.15) is 0 Å². The highest BCUT2D eigenvalue weighted by Crippen LogP contribution is 2.27. The van der Waals surface area contributed by atoms with Gasteiger partial charge in [-0.3, -0.25) is 9.59 Å². The maximum atomic E-state index is 13.8. The fraction of sp³-hybridized carbons (Fsp3) is 0.531. The first-order valence-electron chi connectivity index (χ1n) is 14.6. The van der Waals surface area contributed by atoms with Crippen molar-refractivity contribution in [1.29, 1.82) is 0 Å². The lowest BCUT2D eigenvalue weighted by Gasteiger charge is -2.44. The Labute approximate surface area is 243 Å². The second kappa shape index (κ2) is 13.9. The molecular formula is C32H44N4O5. The predicted octanol–water partition coefficient (Wildman–Crippen LogP) is 4.78. The Morgan fingerprint density at radius 3 is 2.12 bits per heavy atom. The van der Waals surface area contributed by atoms with Crippen molar-refractivity contribution in [1.82, 2.24) is 14.7 Å². The van der Waals surface area contributed by atoms with Crippen LogP contribution in [0.1, 0.15) is 62.4 Å². The molecule has 2 aliphatic heterocycles. The van der Waals surface area contributed by atoms with Gasteiger partial charge in [0.25, 0.3) is 5.91 Å². The third-order valence-electron chi connectivity index (χ3n) is 7.83. The van der Waals surface area contributed by atoms with Crippen LogP contribution in [-0.2, 0) is 20.8 Å². The van der Waals surface area contributed by atoms with Crippen molar-refractivity contribution in [2.45, 2.75) is 70.7 Å². The Morgan fingerprint density at radius 2 is 1.54 bits per heavy atom. The van der Waals surface area contributed by atoms with Gasteiger partial charge < -0.3 is 29.5 Å². The van der Waals surface area contributed by atoms with E-state index < -0.39 is 5.60 Å². The summed E-state index contributed by atoms with van der Waals surface area (Å²) < 4.78 is 10.2. The highest BCUT2D eigenvalue weighted by molar-refractivity contribution is 5.94. The van der Waals surface area contributed by atoms with Crippen LogP contribution < -0.4 is 5.32 Å². The zero-order chi connectivity index (χ0) is 29.4. The van der Waals surface area contributed by atoms with Crippen molar-refractivity contribution in [2.24, 2.45) is 0 Å². The topological polar surface area (TPSA) is 91.4 Å². The minimum absolute atomic E-state index is 0.0116. The standard InChI is InChI=1S/C32H44N4O5/c1-32(2,3)41-31(39)35-20-14-27(15-21-35)34-18-16-28(17-19-34)36(23-24-8-6-5-7-9-24)30(38)25-10-12-26(13-11-25)33-22-29(37)40-4/h5-13,27-28,33H,14-23H2,1-4H3. The van der Waals surface area contributed by atoms with E-state index in [0.717, 1.165) is 50.0 Å². The van der Waals surface area contributed by atoms with Crippen LogP contribution in [0.3, 0.4) is 0 Å². The Morgan fingerprint density at radius 1 is 0.902 bits per heavy atom. The average molecular weight is 565 g/mol. The van der Waals surface area contributed by atoms with Gasteiger partial charge in [-0.25, -0.2) is 4.79 Å². The Bertz CT molecular complexity index is 1150. The number of ether oxygens (including phenoxy) is 2. The fourth-order valence-electron chi connectivity index (χ4n) is 5.59. The molecule has 9 nitrogen and oxygen atoms in total. The number of anilines is 1. The number of carbonyl (C=O) groups is 3. The second-order valence-electron chi connectivity index (χ2n) is 11.9. The van der Waals surface area contributed by atoms with Crippen LogP contribution in [0.25, 0.3) is 0 Å². The minimum Gasteiger partial charge on any atom is -0.468 e. The minimum atomic E-state index is -0.484. The lowest BCUT2D eigenvalue weighted by atomic mass is 9.96. The lowest BCUT2D eigenvalue weighted by molar-refractivity contribution is -0.138. The number of methoxy groups -OCH3 is 1. The molecule has 0 unspecified atom stereocenters. The largest absolute Gasteiger partial charge is 0.468 e. The van der Waals surface area contributed by atoms with Gasteiger partial charge in [-0.1, -0.05) is 30.3 Å². The number of benzene rings is 2. The van der Waals surface area contributed by atoms with E-state index in [1.165, 1.54) is 7.11 Å². The number of esters is 1. The summed E-state index contributed by atoms with van der Waals surface area (Å²) >= 11 is 0. The third-order valence-corrected chi connectivity index (χ3v) is 7.83. The number of hydrogen-bond donors (Lipinski definition) is 1. The number of nitrogens with zero attached hydrogens (tertiary/aromatic N) is 3. The van der Waals surface area contributed by atoms with Crippen LogP contribution in [0.2, 0.25) is 0 Å². The summed E-state index contributed by atoms with van der Waals surface area (Å²) in [6.45, 7) is 9.59. The molecule has 1 N–H and O–H groups in total. The number of rotatable bonds is 8. The summed E-state index contributed by atoms with van der Waals surface area (Å²) in [5.74, 6) is -0.336. The quantitative estimate of drug-likeness (QED) is 0.462. The molecule has 0 aromatic heterocycles. The molecule has 2 amide bonds. The normalized spacial score (nSPS) is 17.1. The molecule has 2 heterocycles. The van der Waals surface area contributed by atoms with E-state index in [1.807, 2.05) is 73.0 Å². The molecule has 2 aliphatic rings. The molecule has 2 aromatic rings. The summed E-state index contributed by atoms with van der Waals surface area (Å²) in [6.07, 6.45) is 3.46. The van der Waals surface area contributed by atoms with E-state index in [9.17, 15) is 14.4 Å². The number of carbonyl (C=O) groups excluding carboxylic acids is 3. The van der Waals surface area contributed by atoms with E-state index in [1.54, 1.807) is 0 Å². The fourth-order valence-corrected chi connectivity index (χ4v) is 5.59. The van der Waals surface area contributed by atoms with Gasteiger partial charge in [0.1, 0.15) is 12.1 Å². The van der Waals surface area contributed by atoms with Crippen LogP contribution >= 0.6 is 0 Å². The number of amides is 2. The summed E-state index contributed by atoms with van der Waals surface area (Å²) in [7, 11) is 1.35. The van der Waals surface area contributed by atoms with Gasteiger partial charge in [0.05, 0.1) is 7.11 Å². The summed E-state index contributed by atoms with van der Waals surface area (Å²) in [5.41, 5.74) is 2.01. The molecule has 0 saturated carbocycles. The molecule has 0 spiro atoms. The van der Waals surface area contributed by atoms with Gasteiger partial charge in [0.2, 0.25) is 0 Å². The smallest absolute Gasteiger partial charge is 0.410 e. The number of piperidine rings is 2. The average Bonchev–Trinajstić information content (AvgIpc) is 2.98. The summed E-state index contributed by atoms with van der Waals surface area (Å²) in [4.78, 5) is 44.1. The first-order chi connectivity index (χ1) is 19.6. The van der Waals surface area contributed by atoms with Gasteiger partial charge in [-0.15, -0.1) is 0 Å². The first kappa shape index (κ1) is 30.4. The maximum absolute atomic E-state index is 13.8. The van der Waals surface area contributed by atoms with Crippen LogP contribution in [-0.4, -0.2) is 90.2 Å². The molecular weight excluding hydrogens is 520 g/mol. The Hall–Kier alpha value is -3.59. The van der Waals surface area contributed by atoms with Crippen molar-refractivity contribution in [3.8, 4) is 0 Å². The lowest BCUT2D eigenvalue weighted by Crippen LogP contribution is -2.52. The molecule has 4 rings (SSSR count). The highest BCUT2D eigenvalue weighted by Gasteiger charge is 2.34. The molecule has 2 saturated heterocycles. The molecule has 0 aliphatic carbocycles. The third kappa shape index (κ3) is 8.70. The molecule has 0 atom stereocenters. The SMILES string of the molecule is COC(=O)CNc1ccc(C(=O)N(Cc2ccccc2)C2CCN(C3CCN(C(=O)OC(C)(C)C)CC3)CC2)cc1. The highest BCUT2D eigenvalue weighted by atomic mass is 16.6. The van der Waals surface area contributed by atoms with Gasteiger partial charge in [0.15, 0.2) is 0 Å². The molecule has 9 heteroatoms. The van der Waals surface area contributed by atoms with Crippen LogP contribution in [0.5, 0.6) is 0 Å². The van der Waals surface area contributed by atoms with E-state index >= 15 is 0 Å². The second-order valence-corrected chi connectivity index (χ2v) is 11.9. The zero-order valence-electron chi connectivity index (χ0n) is 24.8. The van der Waals surface area contributed by atoms with Crippen LogP contribution in [0.15, 0.2) is 54.6 Å². The molecule has 0 radical (unpaired) electrons. The molecule has 0 bridgehead atoms. The molecule has 41 heavy (non-hydrogen) atoms.